The first kappa shape index (κ1) is 16.0. The lowest BCUT2D eigenvalue weighted by Crippen LogP contribution is -2.32. The predicted molar refractivity (Wildman–Crippen MR) is 87.5 cm³/mol. The second kappa shape index (κ2) is 6.76. The number of hydrogen-bond donors (Lipinski definition) is 0. The van der Waals surface area contributed by atoms with Gasteiger partial charge in [0.15, 0.2) is 11.6 Å². The number of benzene rings is 1. The van der Waals surface area contributed by atoms with Gasteiger partial charge in [0.05, 0.1) is 12.2 Å². The topological polar surface area (TPSA) is 47.1 Å². The summed E-state index contributed by atoms with van der Waals surface area (Å²) in [6.07, 6.45) is 7.59. The fourth-order valence-corrected chi connectivity index (χ4v) is 3.28. The third-order valence-electron chi connectivity index (χ3n) is 4.54. The maximum Gasteiger partial charge on any atom is 0.226 e. The van der Waals surface area contributed by atoms with Crippen molar-refractivity contribution in [2.75, 3.05) is 6.54 Å². The van der Waals surface area contributed by atoms with Gasteiger partial charge in [0, 0.05) is 30.5 Å². The van der Waals surface area contributed by atoms with Gasteiger partial charge in [-0.25, -0.2) is 13.8 Å². The van der Waals surface area contributed by atoms with Crippen molar-refractivity contribution in [2.24, 2.45) is 0 Å². The van der Waals surface area contributed by atoms with Crippen LogP contribution in [0.5, 0.6) is 0 Å². The van der Waals surface area contributed by atoms with E-state index in [4.69, 9.17) is 4.42 Å². The van der Waals surface area contributed by atoms with Gasteiger partial charge < -0.3 is 4.42 Å². The zero-order chi connectivity index (χ0) is 17.2. The molecule has 1 aliphatic rings. The monoisotopic (exact) mass is 344 g/mol. The molecule has 3 aromatic rings. The van der Waals surface area contributed by atoms with Crippen LogP contribution in [0.1, 0.15) is 18.5 Å². The summed E-state index contributed by atoms with van der Waals surface area (Å²) in [5, 5.41) is 4.27. The minimum absolute atomic E-state index is 0.303. The van der Waals surface area contributed by atoms with E-state index in [9.17, 15) is 8.78 Å². The van der Waals surface area contributed by atoms with E-state index in [0.717, 1.165) is 43.8 Å². The van der Waals surface area contributed by atoms with E-state index < -0.39 is 11.6 Å². The molecule has 25 heavy (non-hydrogen) atoms. The normalized spacial score (nSPS) is 18.1. The van der Waals surface area contributed by atoms with Crippen LogP contribution in [0.3, 0.4) is 0 Å². The Balaban J connectivity index is 1.46. The summed E-state index contributed by atoms with van der Waals surface area (Å²) in [6.45, 7) is 2.51. The van der Waals surface area contributed by atoms with Crippen LogP contribution in [0.2, 0.25) is 0 Å². The Morgan fingerprint density at radius 2 is 2.16 bits per heavy atom. The molecule has 4 rings (SSSR count). The third-order valence-corrected chi connectivity index (χ3v) is 4.54. The van der Waals surface area contributed by atoms with Gasteiger partial charge >= 0.3 is 0 Å². The summed E-state index contributed by atoms with van der Waals surface area (Å²) in [4.78, 5) is 6.78. The molecule has 1 aliphatic heterocycles. The largest absolute Gasteiger partial charge is 0.444 e. The Labute approximate surface area is 143 Å². The van der Waals surface area contributed by atoms with E-state index in [2.05, 4.69) is 15.0 Å². The Morgan fingerprint density at radius 3 is 2.96 bits per heavy atom. The molecule has 0 aliphatic carbocycles. The third kappa shape index (κ3) is 3.46. The van der Waals surface area contributed by atoms with Gasteiger partial charge in [-0.05, 0) is 43.7 Å². The molecule has 2 aromatic heterocycles. The molecule has 0 N–H and O–H groups in total. The van der Waals surface area contributed by atoms with E-state index in [-0.39, 0.29) is 0 Å². The van der Waals surface area contributed by atoms with E-state index >= 15 is 0 Å². The quantitative estimate of drug-likeness (QED) is 0.711. The van der Waals surface area contributed by atoms with Gasteiger partial charge in [-0.2, -0.15) is 5.10 Å². The van der Waals surface area contributed by atoms with Crippen LogP contribution in [0.15, 0.2) is 47.3 Å². The van der Waals surface area contributed by atoms with Gasteiger partial charge in [0.2, 0.25) is 5.89 Å². The van der Waals surface area contributed by atoms with Gasteiger partial charge in [0.25, 0.3) is 0 Å². The molecule has 1 atom stereocenters. The Bertz CT molecular complexity index is 847. The van der Waals surface area contributed by atoms with Crippen molar-refractivity contribution < 1.29 is 13.2 Å². The summed E-state index contributed by atoms with van der Waals surface area (Å²) in [5.74, 6) is -1.48. The maximum atomic E-state index is 13.4. The van der Waals surface area contributed by atoms with Crippen LogP contribution >= 0.6 is 0 Å². The van der Waals surface area contributed by atoms with Gasteiger partial charge in [-0.3, -0.25) is 9.58 Å². The maximum absolute atomic E-state index is 13.4. The van der Waals surface area contributed by atoms with Crippen LogP contribution in [0.4, 0.5) is 8.78 Å². The zero-order valence-corrected chi connectivity index (χ0v) is 13.6. The standard InChI is InChI=1S/C18H18F2N4O/c19-16-5-4-13(9-17(16)20)18-22-14(12-25-18)10-23-7-1-3-15(23)11-24-8-2-6-21-24/h2,4-6,8-9,12,15H,1,3,7,10-11H2/t15-/m1/s1. The van der Waals surface area contributed by atoms with Crippen molar-refractivity contribution in [3.05, 3.63) is 60.3 Å². The summed E-state index contributed by atoms with van der Waals surface area (Å²) in [6, 6.07) is 5.97. The zero-order valence-electron chi connectivity index (χ0n) is 13.6. The summed E-state index contributed by atoms with van der Waals surface area (Å²) in [5.41, 5.74) is 1.21. The molecule has 1 aromatic carbocycles. The number of halogens is 2. The molecule has 7 heteroatoms. The first-order valence-electron chi connectivity index (χ1n) is 8.30. The number of aromatic nitrogens is 3. The Morgan fingerprint density at radius 1 is 1.24 bits per heavy atom. The van der Waals surface area contributed by atoms with E-state index in [1.54, 1.807) is 12.5 Å². The van der Waals surface area contributed by atoms with Crippen molar-refractivity contribution in [2.45, 2.75) is 32.0 Å². The molecule has 5 nitrogen and oxygen atoms in total. The van der Waals surface area contributed by atoms with Gasteiger partial charge in [-0.1, -0.05) is 0 Å². The molecular weight excluding hydrogens is 326 g/mol. The molecule has 1 saturated heterocycles. The molecule has 0 amide bonds. The van der Waals surface area contributed by atoms with Crippen LogP contribution in [-0.2, 0) is 13.1 Å². The first-order valence-corrected chi connectivity index (χ1v) is 8.30. The average Bonchev–Trinajstić information content (AvgIpc) is 3.34. The fraction of sp³-hybridized carbons (Fsp3) is 0.333. The molecule has 1 fully saturated rings. The van der Waals surface area contributed by atoms with Crippen molar-refractivity contribution in [3.8, 4) is 11.5 Å². The van der Waals surface area contributed by atoms with Crippen LogP contribution in [-0.4, -0.2) is 32.3 Å². The van der Waals surface area contributed by atoms with Gasteiger partial charge in [-0.15, -0.1) is 0 Å². The van der Waals surface area contributed by atoms with E-state index in [1.165, 1.54) is 6.07 Å². The van der Waals surface area contributed by atoms with Crippen LogP contribution < -0.4 is 0 Å². The van der Waals surface area contributed by atoms with Crippen LogP contribution in [0, 0.1) is 11.6 Å². The highest BCUT2D eigenvalue weighted by Gasteiger charge is 2.26. The SMILES string of the molecule is Fc1ccc(-c2nc(CN3CCC[C@@H]3Cn3cccn3)co2)cc1F. The lowest BCUT2D eigenvalue weighted by molar-refractivity contribution is 0.217. The first-order chi connectivity index (χ1) is 12.2. The second-order valence-corrected chi connectivity index (χ2v) is 6.27. The number of rotatable bonds is 5. The molecule has 0 spiro atoms. The highest BCUT2D eigenvalue weighted by Crippen LogP contribution is 2.24. The number of hydrogen-bond acceptors (Lipinski definition) is 4. The molecule has 130 valence electrons. The minimum atomic E-state index is -0.906. The summed E-state index contributed by atoms with van der Waals surface area (Å²) in [7, 11) is 0. The number of oxazole rings is 1. The second-order valence-electron chi connectivity index (χ2n) is 6.27. The van der Waals surface area contributed by atoms with Crippen molar-refractivity contribution in [1.82, 2.24) is 19.7 Å². The highest BCUT2D eigenvalue weighted by atomic mass is 19.2. The van der Waals surface area contributed by atoms with E-state index in [0.29, 0.717) is 24.0 Å². The molecule has 0 bridgehead atoms. The summed E-state index contributed by atoms with van der Waals surface area (Å²) >= 11 is 0. The van der Waals surface area contributed by atoms with Crippen molar-refractivity contribution in [1.29, 1.82) is 0 Å². The summed E-state index contributed by atoms with van der Waals surface area (Å²) < 4.78 is 33.8. The smallest absolute Gasteiger partial charge is 0.226 e. The fourth-order valence-electron chi connectivity index (χ4n) is 3.28. The Hall–Kier alpha value is -2.54. The average molecular weight is 344 g/mol. The molecule has 0 unspecified atom stereocenters. The van der Waals surface area contributed by atoms with Crippen molar-refractivity contribution >= 4 is 0 Å². The number of nitrogens with zero attached hydrogens (tertiary/aromatic N) is 4. The van der Waals surface area contributed by atoms with Gasteiger partial charge in [0.1, 0.15) is 6.26 Å². The minimum Gasteiger partial charge on any atom is -0.444 e. The molecule has 0 radical (unpaired) electrons. The van der Waals surface area contributed by atoms with E-state index in [1.807, 2.05) is 16.9 Å². The van der Waals surface area contributed by atoms with Crippen LogP contribution in [0.25, 0.3) is 11.5 Å². The molecular formula is C18H18F2N4O. The number of likely N-dealkylation sites (tertiary alicyclic amines) is 1. The molecule has 0 saturated carbocycles. The van der Waals surface area contributed by atoms with Crippen molar-refractivity contribution in [3.63, 3.8) is 0 Å². The lowest BCUT2D eigenvalue weighted by Gasteiger charge is -2.23. The lowest BCUT2D eigenvalue weighted by atomic mass is 10.2. The highest BCUT2D eigenvalue weighted by molar-refractivity contribution is 5.53. The Kier molecular flexibility index (Phi) is 4.31. The molecule has 3 heterocycles. The predicted octanol–water partition coefficient (Wildman–Crippen LogP) is 3.48.